The van der Waals surface area contributed by atoms with Crippen LogP contribution in [0.25, 0.3) is 11.3 Å². The lowest BCUT2D eigenvalue weighted by molar-refractivity contribution is 0.205. The summed E-state index contributed by atoms with van der Waals surface area (Å²) in [5.41, 5.74) is 10.0. The minimum Gasteiger partial charge on any atom is -0.490 e. The predicted molar refractivity (Wildman–Crippen MR) is 94.5 cm³/mol. The number of hydrogen-bond donors (Lipinski definition) is 1. The summed E-state index contributed by atoms with van der Waals surface area (Å²) < 4.78 is 5.92. The molecular weight excluding hydrogens is 286 g/mol. The van der Waals surface area contributed by atoms with Crippen molar-refractivity contribution in [2.75, 3.05) is 6.61 Å². The van der Waals surface area contributed by atoms with E-state index in [1.807, 2.05) is 39.0 Å². The van der Waals surface area contributed by atoms with Crippen molar-refractivity contribution in [2.45, 2.75) is 46.6 Å². The van der Waals surface area contributed by atoms with Gasteiger partial charge in [0, 0.05) is 23.0 Å². The van der Waals surface area contributed by atoms with E-state index in [0.29, 0.717) is 12.5 Å². The third-order valence-electron chi connectivity index (χ3n) is 3.69. The Labute approximate surface area is 139 Å². The predicted octanol–water partition coefficient (Wildman–Crippen LogP) is 3.90. The van der Waals surface area contributed by atoms with Crippen LogP contribution in [0, 0.1) is 19.8 Å². The summed E-state index contributed by atoms with van der Waals surface area (Å²) in [5.74, 6) is 1.34. The first kappa shape index (κ1) is 17.4. The number of nitrogens with two attached hydrogens (primary N) is 1. The molecule has 0 saturated heterocycles. The normalized spacial score (nSPS) is 13.9. The zero-order valence-corrected chi connectivity index (χ0v) is 14.8. The van der Waals surface area contributed by atoms with Crippen LogP contribution >= 0.6 is 0 Å². The van der Waals surface area contributed by atoms with Crippen molar-refractivity contribution in [1.82, 2.24) is 9.97 Å². The van der Waals surface area contributed by atoms with Crippen LogP contribution < -0.4 is 10.5 Å². The molecule has 1 atom stereocenters. The quantitative estimate of drug-likeness (QED) is 0.878. The molecule has 0 spiro atoms. The molecule has 2 aromatic heterocycles. The number of ether oxygens (including phenoxy) is 1. The molecular formula is C19H27N3O. The molecule has 0 saturated carbocycles. The van der Waals surface area contributed by atoms with Crippen molar-refractivity contribution in [1.29, 1.82) is 0 Å². The van der Waals surface area contributed by atoms with Crippen LogP contribution in [0.2, 0.25) is 0 Å². The van der Waals surface area contributed by atoms with Crippen LogP contribution in [0.15, 0.2) is 30.6 Å². The minimum atomic E-state index is -0.332. The van der Waals surface area contributed by atoms with Crippen molar-refractivity contribution in [3.05, 3.63) is 41.9 Å². The van der Waals surface area contributed by atoms with Gasteiger partial charge in [0.1, 0.15) is 12.4 Å². The van der Waals surface area contributed by atoms with E-state index in [0.717, 1.165) is 34.7 Å². The maximum atomic E-state index is 6.30. The number of aryl methyl sites for hydroxylation is 2. The Morgan fingerprint density at radius 2 is 1.96 bits per heavy atom. The van der Waals surface area contributed by atoms with E-state index in [1.54, 1.807) is 12.4 Å². The fourth-order valence-corrected chi connectivity index (χ4v) is 2.79. The molecule has 2 N–H and O–H groups in total. The summed E-state index contributed by atoms with van der Waals surface area (Å²) in [4.78, 5) is 8.74. The third-order valence-corrected chi connectivity index (χ3v) is 3.69. The highest BCUT2D eigenvalue weighted by Gasteiger charge is 2.21. The van der Waals surface area contributed by atoms with E-state index in [4.69, 9.17) is 10.5 Å². The molecule has 124 valence electrons. The van der Waals surface area contributed by atoms with Crippen LogP contribution in [0.1, 0.15) is 38.4 Å². The maximum absolute atomic E-state index is 6.30. The van der Waals surface area contributed by atoms with Gasteiger partial charge in [-0.05, 0) is 56.9 Å². The van der Waals surface area contributed by atoms with Gasteiger partial charge in [-0.1, -0.05) is 13.8 Å². The van der Waals surface area contributed by atoms with E-state index >= 15 is 0 Å². The van der Waals surface area contributed by atoms with Gasteiger partial charge in [0.15, 0.2) is 0 Å². The highest BCUT2D eigenvalue weighted by molar-refractivity contribution is 5.60. The van der Waals surface area contributed by atoms with E-state index in [9.17, 15) is 0 Å². The SMILES string of the molecule is Cc1cc(-c2cc(C)c(OC[C@@](C)(N)CC(C)C)cn2)ccn1. The molecule has 2 heterocycles. The Morgan fingerprint density at radius 1 is 1.22 bits per heavy atom. The van der Waals surface area contributed by atoms with Gasteiger partial charge < -0.3 is 10.5 Å². The summed E-state index contributed by atoms with van der Waals surface area (Å²) >= 11 is 0. The first-order valence-electron chi connectivity index (χ1n) is 8.08. The van der Waals surface area contributed by atoms with Crippen LogP contribution in [0.4, 0.5) is 0 Å². The maximum Gasteiger partial charge on any atom is 0.140 e. The summed E-state index contributed by atoms with van der Waals surface area (Å²) in [6, 6.07) is 6.04. The lowest BCUT2D eigenvalue weighted by Crippen LogP contribution is -2.43. The molecule has 4 nitrogen and oxygen atoms in total. The van der Waals surface area contributed by atoms with Crippen molar-refractivity contribution < 1.29 is 4.74 Å². The standard InChI is InChI=1S/C19H27N3O/c1-13(2)10-19(5,20)12-23-18-11-22-17(8-14(18)3)16-6-7-21-15(4)9-16/h6-9,11,13H,10,12,20H2,1-5H3/t19-/m0/s1. The molecule has 0 bridgehead atoms. The molecule has 0 aliphatic heterocycles. The van der Waals surface area contributed by atoms with Gasteiger partial charge in [-0.25, -0.2) is 0 Å². The van der Waals surface area contributed by atoms with E-state index in [2.05, 4.69) is 23.8 Å². The van der Waals surface area contributed by atoms with Gasteiger partial charge in [0.05, 0.1) is 11.9 Å². The molecule has 0 amide bonds. The van der Waals surface area contributed by atoms with Crippen LogP contribution in [0.5, 0.6) is 5.75 Å². The van der Waals surface area contributed by atoms with E-state index < -0.39 is 0 Å². The lowest BCUT2D eigenvalue weighted by Gasteiger charge is -2.27. The molecule has 0 aliphatic rings. The zero-order chi connectivity index (χ0) is 17.0. The number of hydrogen-bond acceptors (Lipinski definition) is 4. The average Bonchev–Trinajstić information content (AvgIpc) is 2.44. The first-order chi connectivity index (χ1) is 10.8. The largest absolute Gasteiger partial charge is 0.490 e. The Kier molecular flexibility index (Phi) is 5.37. The molecule has 0 radical (unpaired) electrons. The van der Waals surface area contributed by atoms with Gasteiger partial charge in [0.2, 0.25) is 0 Å². The van der Waals surface area contributed by atoms with Crippen LogP contribution in [-0.2, 0) is 0 Å². The van der Waals surface area contributed by atoms with Crippen LogP contribution in [-0.4, -0.2) is 22.1 Å². The second kappa shape index (κ2) is 7.09. The second-order valence-electron chi connectivity index (χ2n) is 7.06. The first-order valence-corrected chi connectivity index (χ1v) is 8.08. The highest BCUT2D eigenvalue weighted by Crippen LogP contribution is 2.25. The summed E-state index contributed by atoms with van der Waals surface area (Å²) in [6.45, 7) is 10.9. The van der Waals surface area contributed by atoms with E-state index in [-0.39, 0.29) is 5.54 Å². The average molecular weight is 313 g/mol. The van der Waals surface area contributed by atoms with Gasteiger partial charge in [-0.15, -0.1) is 0 Å². The smallest absolute Gasteiger partial charge is 0.140 e. The second-order valence-corrected chi connectivity index (χ2v) is 7.06. The monoisotopic (exact) mass is 313 g/mol. The number of rotatable bonds is 6. The molecule has 2 rings (SSSR count). The summed E-state index contributed by atoms with van der Waals surface area (Å²) in [7, 11) is 0. The molecule has 0 unspecified atom stereocenters. The summed E-state index contributed by atoms with van der Waals surface area (Å²) in [6.07, 6.45) is 4.51. The Balaban J connectivity index is 2.11. The molecule has 0 aliphatic carbocycles. The fraction of sp³-hybridized carbons (Fsp3) is 0.474. The topological polar surface area (TPSA) is 61.0 Å². The third kappa shape index (κ3) is 5.03. The van der Waals surface area contributed by atoms with Gasteiger partial charge in [-0.3, -0.25) is 9.97 Å². The Morgan fingerprint density at radius 3 is 2.57 bits per heavy atom. The fourth-order valence-electron chi connectivity index (χ4n) is 2.79. The Hall–Kier alpha value is -1.94. The van der Waals surface area contributed by atoms with E-state index in [1.165, 1.54) is 0 Å². The number of pyridine rings is 2. The van der Waals surface area contributed by atoms with Gasteiger partial charge >= 0.3 is 0 Å². The lowest BCUT2D eigenvalue weighted by atomic mass is 9.93. The molecule has 0 aromatic carbocycles. The summed E-state index contributed by atoms with van der Waals surface area (Å²) in [5, 5.41) is 0. The van der Waals surface area contributed by atoms with Crippen LogP contribution in [0.3, 0.4) is 0 Å². The van der Waals surface area contributed by atoms with Gasteiger partial charge in [0.25, 0.3) is 0 Å². The van der Waals surface area contributed by atoms with Gasteiger partial charge in [-0.2, -0.15) is 0 Å². The molecule has 4 heteroatoms. The molecule has 0 fully saturated rings. The number of nitrogens with zero attached hydrogens (tertiary/aromatic N) is 2. The minimum absolute atomic E-state index is 0.332. The highest BCUT2D eigenvalue weighted by atomic mass is 16.5. The van der Waals surface area contributed by atoms with Crippen molar-refractivity contribution in [2.24, 2.45) is 11.7 Å². The molecule has 23 heavy (non-hydrogen) atoms. The van der Waals surface area contributed by atoms with Crippen molar-refractivity contribution >= 4 is 0 Å². The van der Waals surface area contributed by atoms with Crippen molar-refractivity contribution in [3.8, 4) is 17.0 Å². The Bertz CT molecular complexity index is 665. The molecule has 2 aromatic rings. The van der Waals surface area contributed by atoms with Crippen molar-refractivity contribution in [3.63, 3.8) is 0 Å². The zero-order valence-electron chi connectivity index (χ0n) is 14.8. The number of aromatic nitrogens is 2.